The zero-order chi connectivity index (χ0) is 20.2. The zero-order valence-electron chi connectivity index (χ0n) is 15.1. The molecule has 29 heavy (non-hydrogen) atoms. The monoisotopic (exact) mass is 440 g/mol. The number of aromatic nitrogens is 5. The predicted molar refractivity (Wildman–Crippen MR) is 112 cm³/mol. The van der Waals surface area contributed by atoms with Gasteiger partial charge in [0.1, 0.15) is 21.6 Å². The molecular weight excluding hydrogens is 428 g/mol. The Bertz CT molecular complexity index is 1170. The van der Waals surface area contributed by atoms with Crippen molar-refractivity contribution in [1.82, 2.24) is 24.1 Å². The third-order valence-electron chi connectivity index (χ3n) is 3.89. The first kappa shape index (κ1) is 19.4. The second kappa shape index (κ2) is 8.61. The summed E-state index contributed by atoms with van der Waals surface area (Å²) >= 11 is 8.48. The quantitative estimate of drug-likeness (QED) is 0.422. The topological polar surface area (TPSA) is 89.5 Å². The third kappa shape index (κ3) is 3.96. The number of nitriles is 1. The van der Waals surface area contributed by atoms with E-state index in [2.05, 4.69) is 25.6 Å². The fourth-order valence-electron chi connectivity index (χ4n) is 2.62. The van der Waals surface area contributed by atoms with Crippen LogP contribution in [0.2, 0.25) is 5.15 Å². The summed E-state index contributed by atoms with van der Waals surface area (Å²) in [7, 11) is 0. The van der Waals surface area contributed by atoms with Gasteiger partial charge in [0.15, 0.2) is 11.0 Å². The van der Waals surface area contributed by atoms with Crippen LogP contribution < -0.4 is 4.74 Å². The summed E-state index contributed by atoms with van der Waals surface area (Å²) in [4.78, 5) is 4.07. The van der Waals surface area contributed by atoms with Gasteiger partial charge in [-0.1, -0.05) is 11.6 Å². The number of rotatable bonds is 6. The molecule has 0 fully saturated rings. The van der Waals surface area contributed by atoms with Crippen LogP contribution in [-0.4, -0.2) is 30.7 Å². The van der Waals surface area contributed by atoms with Crippen molar-refractivity contribution in [3.63, 3.8) is 0 Å². The maximum Gasteiger partial charge on any atom is 0.201 e. The molecule has 4 rings (SSSR count). The van der Waals surface area contributed by atoms with Crippen LogP contribution in [0.3, 0.4) is 0 Å². The number of ether oxygens (including phenoxy) is 1. The normalized spacial score (nSPS) is 10.7. The summed E-state index contributed by atoms with van der Waals surface area (Å²) in [5.41, 5.74) is 2.08. The summed E-state index contributed by atoms with van der Waals surface area (Å²) in [6, 6.07) is 13.5. The molecule has 4 aromatic rings. The van der Waals surface area contributed by atoms with E-state index in [1.54, 1.807) is 12.4 Å². The average Bonchev–Trinajstić information content (AvgIpc) is 3.33. The lowest BCUT2D eigenvalue weighted by atomic mass is 10.2. The van der Waals surface area contributed by atoms with Gasteiger partial charge < -0.3 is 4.74 Å². The molecule has 3 aromatic heterocycles. The molecule has 1 aromatic carbocycles. The third-order valence-corrected chi connectivity index (χ3v) is 6.22. The van der Waals surface area contributed by atoms with Crippen molar-refractivity contribution in [3.8, 4) is 28.9 Å². The molecule has 0 radical (unpaired) electrons. The van der Waals surface area contributed by atoms with Gasteiger partial charge in [-0.25, -0.2) is 0 Å². The highest BCUT2D eigenvalue weighted by atomic mass is 35.5. The summed E-state index contributed by atoms with van der Waals surface area (Å²) in [6.45, 7) is 2.54. The van der Waals surface area contributed by atoms with Crippen molar-refractivity contribution in [2.24, 2.45) is 0 Å². The van der Waals surface area contributed by atoms with Crippen LogP contribution in [0.25, 0.3) is 17.1 Å². The summed E-state index contributed by atoms with van der Waals surface area (Å²) in [6.07, 6.45) is 3.41. The second-order valence-corrected chi connectivity index (χ2v) is 8.02. The molecule has 0 unspecified atom stereocenters. The summed E-state index contributed by atoms with van der Waals surface area (Å²) in [5, 5.41) is 18.9. The number of pyridine rings is 1. The molecule has 0 amide bonds. The zero-order valence-corrected chi connectivity index (χ0v) is 17.5. The van der Waals surface area contributed by atoms with Crippen molar-refractivity contribution < 1.29 is 4.74 Å². The molecular formula is C19H13ClN6OS2. The van der Waals surface area contributed by atoms with E-state index < -0.39 is 0 Å². The van der Waals surface area contributed by atoms with E-state index in [9.17, 15) is 5.26 Å². The van der Waals surface area contributed by atoms with Crippen molar-refractivity contribution in [3.05, 3.63) is 59.5 Å². The first-order valence-electron chi connectivity index (χ1n) is 8.53. The lowest BCUT2D eigenvalue weighted by Gasteiger charge is -2.11. The molecule has 10 heteroatoms. The highest BCUT2D eigenvalue weighted by molar-refractivity contribution is 8.01. The van der Waals surface area contributed by atoms with Gasteiger partial charge in [0.05, 0.1) is 12.3 Å². The minimum Gasteiger partial charge on any atom is -0.494 e. The molecule has 0 saturated carbocycles. The van der Waals surface area contributed by atoms with Gasteiger partial charge in [-0.05, 0) is 66.6 Å². The Balaban J connectivity index is 1.81. The molecule has 144 valence electrons. The predicted octanol–water partition coefficient (Wildman–Crippen LogP) is 4.86. The largest absolute Gasteiger partial charge is 0.494 e. The molecule has 0 saturated heterocycles. The molecule has 0 bridgehead atoms. The Morgan fingerprint density at radius 3 is 2.62 bits per heavy atom. The van der Waals surface area contributed by atoms with E-state index in [1.807, 2.05) is 47.9 Å². The molecule has 0 N–H and O–H groups in total. The number of benzene rings is 1. The Kier molecular flexibility index (Phi) is 5.76. The van der Waals surface area contributed by atoms with Crippen LogP contribution >= 0.6 is 34.9 Å². The van der Waals surface area contributed by atoms with Crippen LogP contribution in [0, 0.1) is 11.3 Å². The van der Waals surface area contributed by atoms with Gasteiger partial charge in [0, 0.05) is 18.0 Å². The van der Waals surface area contributed by atoms with E-state index in [0.29, 0.717) is 27.4 Å². The fourth-order valence-corrected chi connectivity index (χ4v) is 4.72. The van der Waals surface area contributed by atoms with Crippen LogP contribution in [0.4, 0.5) is 0 Å². The molecule has 0 spiro atoms. The van der Waals surface area contributed by atoms with E-state index in [1.165, 1.54) is 11.8 Å². The maximum atomic E-state index is 9.37. The molecule has 7 nitrogen and oxygen atoms in total. The highest BCUT2D eigenvalue weighted by Gasteiger charge is 2.20. The smallest absolute Gasteiger partial charge is 0.201 e. The van der Waals surface area contributed by atoms with Crippen molar-refractivity contribution in [1.29, 1.82) is 5.26 Å². The summed E-state index contributed by atoms with van der Waals surface area (Å²) in [5.74, 6) is 1.44. The standard InChI is InChI=1S/C19H13ClN6OS2/c1-2-27-14-5-3-13(4-6-14)26-17(12-7-9-22-10-8-12)23-24-19(26)28-18-15(11-21)16(20)25-29-18/h3-10H,2H2,1H3. The molecule has 0 aliphatic carbocycles. The van der Waals surface area contributed by atoms with Gasteiger partial charge >= 0.3 is 0 Å². The summed E-state index contributed by atoms with van der Waals surface area (Å²) < 4.78 is 12.2. The Hall–Kier alpha value is -2.93. The van der Waals surface area contributed by atoms with Crippen LogP contribution in [0.1, 0.15) is 12.5 Å². The van der Waals surface area contributed by atoms with Gasteiger partial charge in [0.25, 0.3) is 0 Å². The van der Waals surface area contributed by atoms with E-state index >= 15 is 0 Å². The van der Waals surface area contributed by atoms with Crippen LogP contribution in [0.5, 0.6) is 5.75 Å². The van der Waals surface area contributed by atoms with Crippen LogP contribution in [0.15, 0.2) is 58.2 Å². The van der Waals surface area contributed by atoms with Crippen LogP contribution in [-0.2, 0) is 0 Å². The Morgan fingerprint density at radius 2 is 1.93 bits per heavy atom. The van der Waals surface area contributed by atoms with Crippen molar-refractivity contribution >= 4 is 34.9 Å². The van der Waals surface area contributed by atoms with E-state index in [4.69, 9.17) is 16.3 Å². The highest BCUT2D eigenvalue weighted by Crippen LogP contribution is 2.38. The van der Waals surface area contributed by atoms with E-state index in [-0.39, 0.29) is 5.15 Å². The van der Waals surface area contributed by atoms with Gasteiger partial charge in [-0.3, -0.25) is 9.55 Å². The number of halogens is 1. The second-order valence-electron chi connectivity index (χ2n) is 5.65. The van der Waals surface area contributed by atoms with E-state index in [0.717, 1.165) is 28.5 Å². The first-order valence-corrected chi connectivity index (χ1v) is 10.5. The minimum absolute atomic E-state index is 0.196. The molecule has 0 atom stereocenters. The Labute approximate surface area is 180 Å². The number of hydrogen-bond acceptors (Lipinski definition) is 8. The molecule has 3 heterocycles. The fraction of sp³-hybridized carbons (Fsp3) is 0.105. The number of nitrogens with zero attached hydrogens (tertiary/aromatic N) is 6. The molecule has 0 aliphatic rings. The lowest BCUT2D eigenvalue weighted by molar-refractivity contribution is 0.340. The van der Waals surface area contributed by atoms with Crippen molar-refractivity contribution in [2.75, 3.05) is 6.61 Å². The lowest BCUT2D eigenvalue weighted by Crippen LogP contribution is -2.00. The van der Waals surface area contributed by atoms with Gasteiger partial charge in [-0.2, -0.15) is 9.64 Å². The average molecular weight is 441 g/mol. The SMILES string of the molecule is CCOc1ccc(-n2c(Sc3snc(Cl)c3C#N)nnc2-c2ccncc2)cc1. The first-order chi connectivity index (χ1) is 14.2. The Morgan fingerprint density at radius 1 is 1.17 bits per heavy atom. The number of hydrogen-bond donors (Lipinski definition) is 0. The minimum atomic E-state index is 0.196. The van der Waals surface area contributed by atoms with Crippen molar-refractivity contribution in [2.45, 2.75) is 16.3 Å². The molecule has 0 aliphatic heterocycles. The van der Waals surface area contributed by atoms with Gasteiger partial charge in [0.2, 0.25) is 5.16 Å². The van der Waals surface area contributed by atoms with Gasteiger partial charge in [-0.15, -0.1) is 10.2 Å². The maximum absolute atomic E-state index is 9.37.